The smallest absolute Gasteiger partial charge is 0.237 e. The zero-order valence-corrected chi connectivity index (χ0v) is 11.7. The Kier molecular flexibility index (Phi) is 5.41. The Morgan fingerprint density at radius 1 is 1.50 bits per heavy atom. The maximum absolute atomic E-state index is 11.9. The third kappa shape index (κ3) is 4.92. The molecular formula is C14H24N2O2. The molecule has 1 aromatic rings. The number of hydrogen-bond acceptors (Lipinski definition) is 3. The quantitative estimate of drug-likeness (QED) is 0.781. The summed E-state index contributed by atoms with van der Waals surface area (Å²) in [6.07, 6.45) is 3.37. The van der Waals surface area contributed by atoms with Crippen LogP contribution in [0.4, 0.5) is 0 Å². The van der Waals surface area contributed by atoms with Crippen molar-refractivity contribution in [1.82, 2.24) is 10.6 Å². The first-order chi connectivity index (χ1) is 8.44. The molecule has 4 heteroatoms. The fraction of sp³-hybridized carbons (Fsp3) is 0.643. The fourth-order valence-corrected chi connectivity index (χ4v) is 1.49. The molecule has 0 aliphatic heterocycles. The summed E-state index contributed by atoms with van der Waals surface area (Å²) in [5, 5.41) is 6.22. The summed E-state index contributed by atoms with van der Waals surface area (Å²) in [5.41, 5.74) is -0.145. The molecule has 18 heavy (non-hydrogen) atoms. The van der Waals surface area contributed by atoms with E-state index >= 15 is 0 Å². The van der Waals surface area contributed by atoms with Crippen LogP contribution in [0.15, 0.2) is 22.8 Å². The van der Waals surface area contributed by atoms with Crippen molar-refractivity contribution in [3.63, 3.8) is 0 Å². The summed E-state index contributed by atoms with van der Waals surface area (Å²) in [4.78, 5) is 11.9. The normalized spacial score (nSPS) is 13.3. The van der Waals surface area contributed by atoms with E-state index in [1.807, 2.05) is 32.9 Å². The van der Waals surface area contributed by atoms with Gasteiger partial charge in [0.25, 0.3) is 0 Å². The van der Waals surface area contributed by atoms with Gasteiger partial charge in [0.1, 0.15) is 5.76 Å². The van der Waals surface area contributed by atoms with Crippen LogP contribution >= 0.6 is 0 Å². The molecule has 0 aromatic carbocycles. The molecule has 0 aliphatic rings. The minimum absolute atomic E-state index is 0.0429. The van der Waals surface area contributed by atoms with Crippen LogP contribution < -0.4 is 10.6 Å². The monoisotopic (exact) mass is 252 g/mol. The first kappa shape index (κ1) is 14.8. The number of rotatable bonds is 7. The zero-order chi connectivity index (χ0) is 13.6. The van der Waals surface area contributed by atoms with Crippen molar-refractivity contribution in [3.8, 4) is 0 Å². The van der Waals surface area contributed by atoms with E-state index < -0.39 is 0 Å². The average Bonchev–Trinajstić information content (AvgIpc) is 2.81. The van der Waals surface area contributed by atoms with Crippen LogP contribution in [0, 0.1) is 0 Å². The molecule has 1 amide bonds. The lowest BCUT2D eigenvalue weighted by atomic mass is 10.0. The molecule has 0 aliphatic carbocycles. The summed E-state index contributed by atoms with van der Waals surface area (Å²) in [7, 11) is 0. The summed E-state index contributed by atoms with van der Waals surface area (Å²) in [6, 6.07) is 3.62. The van der Waals surface area contributed by atoms with Gasteiger partial charge < -0.3 is 15.1 Å². The Bertz CT molecular complexity index is 358. The number of furan rings is 1. The molecule has 0 fully saturated rings. The van der Waals surface area contributed by atoms with Crippen molar-refractivity contribution < 1.29 is 9.21 Å². The molecule has 102 valence electrons. The van der Waals surface area contributed by atoms with Gasteiger partial charge in [0, 0.05) is 18.5 Å². The predicted molar refractivity (Wildman–Crippen MR) is 72.4 cm³/mol. The highest BCUT2D eigenvalue weighted by atomic mass is 16.3. The van der Waals surface area contributed by atoms with Crippen LogP contribution in [0.1, 0.15) is 39.9 Å². The highest BCUT2D eigenvalue weighted by molar-refractivity contribution is 5.81. The molecule has 0 spiro atoms. The van der Waals surface area contributed by atoms with Crippen LogP contribution in [0.2, 0.25) is 0 Å². The molecule has 2 N–H and O–H groups in total. The number of hydrogen-bond donors (Lipinski definition) is 2. The predicted octanol–water partition coefficient (Wildman–Crippen LogP) is 2.10. The Balaban J connectivity index is 2.27. The van der Waals surface area contributed by atoms with Crippen molar-refractivity contribution in [2.75, 3.05) is 6.54 Å². The third-order valence-corrected chi connectivity index (χ3v) is 3.14. The van der Waals surface area contributed by atoms with E-state index in [1.165, 1.54) is 0 Å². The van der Waals surface area contributed by atoms with E-state index in [2.05, 4.69) is 17.6 Å². The Labute approximate surface area is 109 Å². The van der Waals surface area contributed by atoms with Gasteiger partial charge in [-0.25, -0.2) is 0 Å². The molecule has 0 bridgehead atoms. The van der Waals surface area contributed by atoms with Gasteiger partial charge in [-0.05, 0) is 39.3 Å². The van der Waals surface area contributed by atoms with Gasteiger partial charge in [-0.3, -0.25) is 4.79 Å². The molecule has 1 heterocycles. The second kappa shape index (κ2) is 6.59. The topological polar surface area (TPSA) is 54.3 Å². The minimum atomic E-state index is -0.189. The summed E-state index contributed by atoms with van der Waals surface area (Å²) < 4.78 is 5.23. The third-order valence-electron chi connectivity index (χ3n) is 3.14. The van der Waals surface area contributed by atoms with Crippen molar-refractivity contribution >= 4 is 5.91 Å². The van der Waals surface area contributed by atoms with Gasteiger partial charge in [-0.15, -0.1) is 0 Å². The van der Waals surface area contributed by atoms with E-state index in [0.29, 0.717) is 0 Å². The second-order valence-electron chi connectivity index (χ2n) is 5.23. The molecule has 4 nitrogen and oxygen atoms in total. The van der Waals surface area contributed by atoms with Gasteiger partial charge in [0.2, 0.25) is 5.91 Å². The summed E-state index contributed by atoms with van der Waals surface area (Å²) >= 11 is 0. The largest absolute Gasteiger partial charge is 0.469 e. The van der Waals surface area contributed by atoms with E-state index in [1.54, 1.807) is 6.26 Å². The molecule has 0 saturated heterocycles. The van der Waals surface area contributed by atoms with Crippen LogP contribution in [-0.2, 0) is 11.2 Å². The maximum atomic E-state index is 11.9. The van der Waals surface area contributed by atoms with Crippen molar-refractivity contribution in [2.24, 2.45) is 0 Å². The van der Waals surface area contributed by atoms with E-state index in [0.717, 1.165) is 25.1 Å². The van der Waals surface area contributed by atoms with Crippen molar-refractivity contribution in [1.29, 1.82) is 0 Å². The Hall–Kier alpha value is -1.29. The Morgan fingerprint density at radius 2 is 2.22 bits per heavy atom. The van der Waals surface area contributed by atoms with Gasteiger partial charge in [-0.1, -0.05) is 6.92 Å². The Morgan fingerprint density at radius 3 is 2.78 bits per heavy atom. The highest BCUT2D eigenvalue weighted by Crippen LogP contribution is 2.07. The molecular weight excluding hydrogens is 228 g/mol. The lowest BCUT2D eigenvalue weighted by molar-refractivity contribution is -0.124. The fourth-order valence-electron chi connectivity index (χ4n) is 1.49. The second-order valence-corrected chi connectivity index (χ2v) is 5.23. The lowest BCUT2D eigenvalue weighted by Gasteiger charge is -2.26. The van der Waals surface area contributed by atoms with Crippen molar-refractivity contribution in [3.05, 3.63) is 24.2 Å². The minimum Gasteiger partial charge on any atom is -0.469 e. The molecule has 1 rings (SSSR count). The number of nitrogens with one attached hydrogen (secondary N) is 2. The average molecular weight is 252 g/mol. The van der Waals surface area contributed by atoms with Gasteiger partial charge >= 0.3 is 0 Å². The number of carbonyl (C=O) groups is 1. The molecule has 1 atom stereocenters. The van der Waals surface area contributed by atoms with Gasteiger partial charge in [-0.2, -0.15) is 0 Å². The van der Waals surface area contributed by atoms with Gasteiger partial charge in [0.15, 0.2) is 0 Å². The first-order valence-corrected chi connectivity index (χ1v) is 6.52. The standard InChI is InChI=1S/C14H24N2O2/c1-5-14(3,4)16-13(17)11(2)15-9-8-12-7-6-10-18-12/h6-7,10-11,15H,5,8-9H2,1-4H3,(H,16,17). The van der Waals surface area contributed by atoms with Crippen LogP contribution in [-0.4, -0.2) is 24.0 Å². The van der Waals surface area contributed by atoms with E-state index in [4.69, 9.17) is 4.42 Å². The molecule has 0 radical (unpaired) electrons. The molecule has 1 unspecified atom stereocenters. The highest BCUT2D eigenvalue weighted by Gasteiger charge is 2.21. The van der Waals surface area contributed by atoms with Crippen LogP contribution in [0.5, 0.6) is 0 Å². The van der Waals surface area contributed by atoms with Gasteiger partial charge in [0.05, 0.1) is 12.3 Å². The molecule has 1 aromatic heterocycles. The number of amides is 1. The SMILES string of the molecule is CCC(C)(C)NC(=O)C(C)NCCc1ccco1. The first-order valence-electron chi connectivity index (χ1n) is 6.52. The van der Waals surface area contributed by atoms with Crippen LogP contribution in [0.3, 0.4) is 0 Å². The molecule has 0 saturated carbocycles. The summed E-state index contributed by atoms with van der Waals surface area (Å²) in [6.45, 7) is 8.73. The number of carbonyl (C=O) groups excluding carboxylic acids is 1. The van der Waals surface area contributed by atoms with Crippen molar-refractivity contribution in [2.45, 2.75) is 52.1 Å². The van der Waals surface area contributed by atoms with Crippen LogP contribution in [0.25, 0.3) is 0 Å². The van der Waals surface area contributed by atoms with E-state index in [-0.39, 0.29) is 17.5 Å². The zero-order valence-electron chi connectivity index (χ0n) is 11.7. The maximum Gasteiger partial charge on any atom is 0.237 e. The lowest BCUT2D eigenvalue weighted by Crippen LogP contribution is -2.50. The van der Waals surface area contributed by atoms with E-state index in [9.17, 15) is 4.79 Å². The summed E-state index contributed by atoms with van der Waals surface area (Å²) in [5.74, 6) is 0.977.